The van der Waals surface area contributed by atoms with Crippen molar-refractivity contribution in [3.8, 4) is 5.75 Å². The predicted molar refractivity (Wildman–Crippen MR) is 130 cm³/mol. The molecule has 0 aliphatic carbocycles. The van der Waals surface area contributed by atoms with Crippen LogP contribution >= 0.6 is 0 Å². The molecule has 34 heavy (non-hydrogen) atoms. The number of methoxy groups -OCH3 is 1. The van der Waals surface area contributed by atoms with Gasteiger partial charge in [0.05, 0.1) is 12.8 Å². The maximum atomic E-state index is 12.7. The van der Waals surface area contributed by atoms with Gasteiger partial charge in [0.15, 0.2) is 5.65 Å². The lowest BCUT2D eigenvalue weighted by Gasteiger charge is -2.36. The van der Waals surface area contributed by atoms with Crippen molar-refractivity contribution in [3.63, 3.8) is 0 Å². The molecule has 0 bridgehead atoms. The Hall–Kier alpha value is -4.34. The van der Waals surface area contributed by atoms with Crippen LogP contribution in [-0.4, -0.2) is 58.4 Å². The van der Waals surface area contributed by atoms with Crippen LogP contribution in [0.5, 0.6) is 5.75 Å². The quantitative estimate of drug-likeness (QED) is 0.470. The molecule has 10 nitrogen and oxygen atoms in total. The summed E-state index contributed by atoms with van der Waals surface area (Å²) in [6.45, 7) is 3.15. The molecule has 0 radical (unpaired) electrons. The second-order valence-corrected chi connectivity index (χ2v) is 7.97. The fraction of sp³-hybridized carbons (Fsp3) is 0.250. The Morgan fingerprint density at radius 3 is 2.47 bits per heavy atom. The van der Waals surface area contributed by atoms with Crippen LogP contribution in [0.2, 0.25) is 0 Å². The van der Waals surface area contributed by atoms with Gasteiger partial charge in [0.1, 0.15) is 24.4 Å². The van der Waals surface area contributed by atoms with Gasteiger partial charge in [-0.1, -0.05) is 30.3 Å². The summed E-state index contributed by atoms with van der Waals surface area (Å²) in [5.74, 6) is 0.926. The number of ether oxygens (including phenoxy) is 1. The number of hydrogen-bond donors (Lipinski definition) is 1. The maximum Gasteiger partial charge on any atom is 0.352 e. The van der Waals surface area contributed by atoms with Gasteiger partial charge in [-0.15, -0.1) is 5.10 Å². The summed E-state index contributed by atoms with van der Waals surface area (Å²) in [7, 11) is 1.53. The number of nitrogens with one attached hydrogen (secondary N) is 1. The van der Waals surface area contributed by atoms with E-state index in [1.165, 1.54) is 23.5 Å². The molecule has 2 aromatic carbocycles. The van der Waals surface area contributed by atoms with E-state index in [1.54, 1.807) is 24.3 Å². The van der Waals surface area contributed by atoms with E-state index in [0.29, 0.717) is 17.1 Å². The number of anilines is 3. The molecule has 0 spiro atoms. The average molecular weight is 460 g/mol. The largest absolute Gasteiger partial charge is 0.495 e. The minimum atomic E-state index is -0.418. The van der Waals surface area contributed by atoms with Crippen molar-refractivity contribution < 1.29 is 9.53 Å². The summed E-state index contributed by atoms with van der Waals surface area (Å²) in [5, 5.41) is 7.11. The van der Waals surface area contributed by atoms with Crippen molar-refractivity contribution in [1.29, 1.82) is 0 Å². The Balaban J connectivity index is 1.28. The van der Waals surface area contributed by atoms with E-state index in [1.807, 2.05) is 24.3 Å². The zero-order chi connectivity index (χ0) is 23.5. The normalized spacial score (nSPS) is 13.8. The van der Waals surface area contributed by atoms with E-state index in [0.717, 1.165) is 36.7 Å². The number of rotatable bonds is 6. The Kier molecular flexibility index (Phi) is 5.86. The molecule has 3 heterocycles. The molecule has 0 unspecified atom stereocenters. The fourth-order valence-corrected chi connectivity index (χ4v) is 4.10. The van der Waals surface area contributed by atoms with E-state index in [-0.39, 0.29) is 12.5 Å². The van der Waals surface area contributed by atoms with Crippen molar-refractivity contribution in [2.75, 3.05) is 48.4 Å². The third-order valence-electron chi connectivity index (χ3n) is 5.86. The van der Waals surface area contributed by atoms with Crippen LogP contribution in [0, 0.1) is 0 Å². The van der Waals surface area contributed by atoms with Gasteiger partial charge < -0.3 is 19.9 Å². The third kappa shape index (κ3) is 4.29. The first-order valence-corrected chi connectivity index (χ1v) is 11.1. The number of carbonyl (C=O) groups excluding carboxylic acids is 1. The van der Waals surface area contributed by atoms with Crippen LogP contribution < -0.4 is 25.5 Å². The number of para-hydroxylation sites is 3. The van der Waals surface area contributed by atoms with Crippen molar-refractivity contribution in [1.82, 2.24) is 19.2 Å². The van der Waals surface area contributed by atoms with Gasteiger partial charge in [0.25, 0.3) is 0 Å². The molecular formula is C24H25N7O3. The van der Waals surface area contributed by atoms with Crippen molar-refractivity contribution >= 4 is 28.7 Å². The van der Waals surface area contributed by atoms with Crippen LogP contribution in [0.4, 0.5) is 17.2 Å². The Labute approximate surface area is 196 Å². The lowest BCUT2D eigenvalue weighted by atomic mass is 10.2. The standard InChI is InChI=1S/C24H25N7O3/c1-34-20-10-6-5-9-19(20)26-23(32)16-31-24(33)30-17-25-21(15-22(30)27-31)29-13-11-28(12-14-29)18-7-3-2-4-8-18/h2-10,15,17H,11-14,16H2,1H3,(H,26,32). The van der Waals surface area contributed by atoms with Gasteiger partial charge in [-0.05, 0) is 24.3 Å². The zero-order valence-corrected chi connectivity index (χ0v) is 18.8. The molecule has 5 rings (SSSR count). The highest BCUT2D eigenvalue weighted by atomic mass is 16.5. The van der Waals surface area contributed by atoms with Gasteiger partial charge >= 0.3 is 5.69 Å². The lowest BCUT2D eigenvalue weighted by molar-refractivity contribution is -0.117. The van der Waals surface area contributed by atoms with Crippen molar-refractivity contribution in [2.45, 2.75) is 6.54 Å². The first kappa shape index (κ1) is 21.5. The van der Waals surface area contributed by atoms with Crippen LogP contribution in [0.25, 0.3) is 5.65 Å². The molecule has 1 aliphatic rings. The third-order valence-corrected chi connectivity index (χ3v) is 5.86. The highest BCUT2D eigenvalue weighted by Crippen LogP contribution is 2.23. The number of carbonyl (C=O) groups is 1. The van der Waals surface area contributed by atoms with Gasteiger partial charge in [-0.3, -0.25) is 4.79 Å². The first-order valence-electron chi connectivity index (χ1n) is 11.1. The molecule has 2 aromatic heterocycles. The summed E-state index contributed by atoms with van der Waals surface area (Å²) in [6.07, 6.45) is 1.47. The number of aromatic nitrogens is 4. The van der Waals surface area contributed by atoms with Crippen LogP contribution in [-0.2, 0) is 11.3 Å². The lowest BCUT2D eigenvalue weighted by Crippen LogP contribution is -2.46. The monoisotopic (exact) mass is 459 g/mol. The number of nitrogens with zero attached hydrogens (tertiary/aromatic N) is 6. The van der Waals surface area contributed by atoms with Gasteiger partial charge in [-0.25, -0.2) is 18.9 Å². The molecule has 0 atom stereocenters. The highest BCUT2D eigenvalue weighted by Gasteiger charge is 2.20. The van der Waals surface area contributed by atoms with Gasteiger partial charge in [0.2, 0.25) is 5.91 Å². The molecule has 0 saturated carbocycles. The van der Waals surface area contributed by atoms with Crippen LogP contribution in [0.1, 0.15) is 0 Å². The van der Waals surface area contributed by atoms with Crippen molar-refractivity contribution in [3.05, 3.63) is 77.5 Å². The second-order valence-electron chi connectivity index (χ2n) is 7.97. The molecule has 1 aliphatic heterocycles. The number of amides is 1. The summed E-state index contributed by atoms with van der Waals surface area (Å²) in [6, 6.07) is 19.2. The first-order chi connectivity index (χ1) is 16.6. The van der Waals surface area contributed by atoms with E-state index >= 15 is 0 Å². The summed E-state index contributed by atoms with van der Waals surface area (Å²) in [4.78, 5) is 34.3. The molecule has 10 heteroatoms. The number of hydrogen-bond acceptors (Lipinski definition) is 7. The molecular weight excluding hydrogens is 434 g/mol. The molecule has 1 N–H and O–H groups in total. The van der Waals surface area contributed by atoms with Crippen molar-refractivity contribution in [2.24, 2.45) is 0 Å². The molecule has 4 aromatic rings. The minimum Gasteiger partial charge on any atom is -0.495 e. The smallest absolute Gasteiger partial charge is 0.352 e. The molecule has 174 valence electrons. The molecule has 1 amide bonds. The SMILES string of the molecule is COc1ccccc1NC(=O)Cn1nc2cc(N3CCN(c4ccccc4)CC3)ncn2c1=O. The highest BCUT2D eigenvalue weighted by molar-refractivity contribution is 5.92. The maximum absolute atomic E-state index is 12.7. The Morgan fingerprint density at radius 2 is 1.71 bits per heavy atom. The number of benzene rings is 2. The molecule has 1 fully saturated rings. The second kappa shape index (κ2) is 9.26. The van der Waals surface area contributed by atoms with E-state index in [9.17, 15) is 9.59 Å². The Bertz CT molecular complexity index is 1360. The summed E-state index contributed by atoms with van der Waals surface area (Å²) >= 11 is 0. The number of fused-ring (bicyclic) bond motifs is 1. The minimum absolute atomic E-state index is 0.219. The predicted octanol–water partition coefficient (Wildman–Crippen LogP) is 1.86. The van der Waals surface area contributed by atoms with Crippen LogP contribution in [0.15, 0.2) is 71.8 Å². The topological polar surface area (TPSA) is 97.0 Å². The average Bonchev–Trinajstić information content (AvgIpc) is 3.19. The fourth-order valence-electron chi connectivity index (χ4n) is 4.10. The van der Waals surface area contributed by atoms with Crippen LogP contribution in [0.3, 0.4) is 0 Å². The zero-order valence-electron chi connectivity index (χ0n) is 18.8. The van der Waals surface area contributed by atoms with Gasteiger partial charge in [-0.2, -0.15) is 0 Å². The summed E-state index contributed by atoms with van der Waals surface area (Å²) in [5.41, 5.74) is 1.77. The van der Waals surface area contributed by atoms with Gasteiger partial charge in [0, 0.05) is 37.9 Å². The number of piperazine rings is 1. The van der Waals surface area contributed by atoms with E-state index < -0.39 is 5.69 Å². The summed E-state index contributed by atoms with van der Waals surface area (Å²) < 4.78 is 7.74. The molecule has 1 saturated heterocycles. The Morgan fingerprint density at radius 1 is 1.00 bits per heavy atom. The van der Waals surface area contributed by atoms with E-state index in [4.69, 9.17) is 4.74 Å². The van der Waals surface area contributed by atoms with E-state index in [2.05, 4.69) is 37.3 Å².